The Balaban J connectivity index is 0.000000231. The van der Waals surface area contributed by atoms with Gasteiger partial charge in [0, 0.05) is 0 Å². The Kier molecular flexibility index (Phi) is 2.76. The summed E-state index contributed by atoms with van der Waals surface area (Å²) < 4.78 is 0. The molecule has 0 amide bonds. The highest BCUT2D eigenvalue weighted by Crippen LogP contribution is 2.51. The SMILES string of the molecule is CC.CC1CCC2CC2C1. The fourth-order valence-corrected chi connectivity index (χ4v) is 2.09. The Morgan fingerprint density at radius 2 is 1.60 bits per heavy atom. The van der Waals surface area contributed by atoms with Crippen LogP contribution >= 0.6 is 0 Å². The molecule has 0 aromatic rings. The summed E-state index contributed by atoms with van der Waals surface area (Å²) in [5.74, 6) is 3.42. The lowest BCUT2D eigenvalue weighted by Gasteiger charge is -2.15. The van der Waals surface area contributed by atoms with Crippen molar-refractivity contribution in [3.63, 3.8) is 0 Å². The van der Waals surface area contributed by atoms with E-state index in [1.54, 1.807) is 19.3 Å². The third-order valence-corrected chi connectivity index (χ3v) is 2.80. The van der Waals surface area contributed by atoms with Gasteiger partial charge in [0.05, 0.1) is 0 Å². The lowest BCUT2D eigenvalue weighted by Crippen LogP contribution is -2.03. The summed E-state index contributed by atoms with van der Waals surface area (Å²) in [6.07, 6.45) is 6.18. The molecule has 0 aromatic heterocycles. The molecule has 2 aliphatic rings. The van der Waals surface area contributed by atoms with Crippen molar-refractivity contribution in [2.45, 2.75) is 46.5 Å². The molecule has 0 heteroatoms. The molecule has 0 radical (unpaired) electrons. The summed E-state index contributed by atoms with van der Waals surface area (Å²) in [6, 6.07) is 0. The van der Waals surface area contributed by atoms with Crippen LogP contribution < -0.4 is 0 Å². The van der Waals surface area contributed by atoms with E-state index in [2.05, 4.69) is 6.92 Å². The Morgan fingerprint density at radius 3 is 2.10 bits per heavy atom. The van der Waals surface area contributed by atoms with Gasteiger partial charge in [0.2, 0.25) is 0 Å². The maximum atomic E-state index is 2.40. The molecule has 0 heterocycles. The minimum Gasteiger partial charge on any atom is -0.0683 e. The van der Waals surface area contributed by atoms with Crippen LogP contribution in [0.1, 0.15) is 46.5 Å². The minimum absolute atomic E-state index is 1.05. The smallest absolute Gasteiger partial charge is 0.0380 e. The van der Waals surface area contributed by atoms with E-state index < -0.39 is 0 Å². The van der Waals surface area contributed by atoms with E-state index in [0.29, 0.717) is 0 Å². The van der Waals surface area contributed by atoms with E-state index >= 15 is 0 Å². The van der Waals surface area contributed by atoms with E-state index in [4.69, 9.17) is 0 Å². The zero-order valence-electron chi connectivity index (χ0n) is 7.56. The van der Waals surface area contributed by atoms with Crippen molar-refractivity contribution in [2.24, 2.45) is 17.8 Å². The average Bonchev–Trinajstić information content (AvgIpc) is 2.70. The number of hydrogen-bond acceptors (Lipinski definition) is 0. The molecule has 3 unspecified atom stereocenters. The predicted octanol–water partition coefficient (Wildman–Crippen LogP) is 3.47. The molecule has 3 atom stereocenters. The summed E-state index contributed by atoms with van der Waals surface area (Å²) in [4.78, 5) is 0. The molecular weight excluding hydrogens is 120 g/mol. The van der Waals surface area contributed by atoms with Crippen LogP contribution in [0.3, 0.4) is 0 Å². The molecule has 0 aliphatic heterocycles. The van der Waals surface area contributed by atoms with E-state index in [0.717, 1.165) is 5.92 Å². The van der Waals surface area contributed by atoms with Gasteiger partial charge in [-0.3, -0.25) is 0 Å². The molecule has 2 saturated carbocycles. The van der Waals surface area contributed by atoms with Gasteiger partial charge in [-0.05, 0) is 37.0 Å². The first-order valence-corrected chi connectivity index (χ1v) is 4.86. The number of fused-ring (bicyclic) bond motifs is 1. The second-order valence-corrected chi connectivity index (χ2v) is 3.67. The van der Waals surface area contributed by atoms with Gasteiger partial charge in [-0.2, -0.15) is 0 Å². The molecular formula is C10H20. The van der Waals surface area contributed by atoms with Gasteiger partial charge < -0.3 is 0 Å². The first kappa shape index (κ1) is 8.10. The van der Waals surface area contributed by atoms with Crippen LogP contribution in [-0.4, -0.2) is 0 Å². The standard InChI is InChI=1S/C8H14.C2H6/c1-6-2-3-7-5-8(7)4-6;1-2/h6-8H,2-5H2,1H3;1-2H3. The lowest BCUT2D eigenvalue weighted by molar-refractivity contribution is 0.368. The van der Waals surface area contributed by atoms with E-state index in [1.807, 2.05) is 13.8 Å². The Labute approximate surface area is 65.0 Å². The van der Waals surface area contributed by atoms with E-state index in [-0.39, 0.29) is 0 Å². The monoisotopic (exact) mass is 140 g/mol. The van der Waals surface area contributed by atoms with Gasteiger partial charge >= 0.3 is 0 Å². The van der Waals surface area contributed by atoms with Gasteiger partial charge in [0.25, 0.3) is 0 Å². The predicted molar refractivity (Wildman–Crippen MR) is 46.0 cm³/mol. The van der Waals surface area contributed by atoms with Crippen molar-refractivity contribution >= 4 is 0 Å². The molecule has 0 spiro atoms. The van der Waals surface area contributed by atoms with Crippen molar-refractivity contribution in [1.29, 1.82) is 0 Å². The summed E-state index contributed by atoms with van der Waals surface area (Å²) in [5, 5.41) is 0. The minimum atomic E-state index is 1.05. The third kappa shape index (κ3) is 1.74. The third-order valence-electron chi connectivity index (χ3n) is 2.80. The summed E-state index contributed by atoms with van der Waals surface area (Å²) in [6.45, 7) is 6.40. The van der Waals surface area contributed by atoms with Crippen LogP contribution in [0.15, 0.2) is 0 Å². The quantitative estimate of drug-likeness (QED) is 0.483. The highest BCUT2D eigenvalue weighted by Gasteiger charge is 2.40. The van der Waals surface area contributed by atoms with Crippen molar-refractivity contribution in [2.75, 3.05) is 0 Å². The zero-order chi connectivity index (χ0) is 7.56. The molecule has 0 nitrogen and oxygen atoms in total. The van der Waals surface area contributed by atoms with Crippen LogP contribution in [0.4, 0.5) is 0 Å². The van der Waals surface area contributed by atoms with Crippen LogP contribution in [0, 0.1) is 17.8 Å². The first-order chi connectivity index (χ1) is 4.86. The first-order valence-electron chi connectivity index (χ1n) is 4.86. The molecule has 2 aliphatic carbocycles. The molecule has 0 N–H and O–H groups in total. The van der Waals surface area contributed by atoms with E-state index in [9.17, 15) is 0 Å². The largest absolute Gasteiger partial charge is 0.0683 e. The fourth-order valence-electron chi connectivity index (χ4n) is 2.09. The second kappa shape index (κ2) is 3.41. The normalized spacial score (nSPS) is 42.9. The van der Waals surface area contributed by atoms with Gasteiger partial charge in [-0.1, -0.05) is 27.2 Å². The summed E-state index contributed by atoms with van der Waals surface area (Å²) in [5.41, 5.74) is 0. The van der Waals surface area contributed by atoms with Crippen LogP contribution in [0.2, 0.25) is 0 Å². The van der Waals surface area contributed by atoms with Crippen molar-refractivity contribution < 1.29 is 0 Å². The fraction of sp³-hybridized carbons (Fsp3) is 1.00. The Morgan fingerprint density at radius 1 is 0.900 bits per heavy atom. The molecule has 0 bridgehead atoms. The summed E-state index contributed by atoms with van der Waals surface area (Å²) >= 11 is 0. The van der Waals surface area contributed by atoms with Crippen molar-refractivity contribution in [3.05, 3.63) is 0 Å². The van der Waals surface area contributed by atoms with Gasteiger partial charge in [-0.15, -0.1) is 0 Å². The zero-order valence-corrected chi connectivity index (χ0v) is 7.56. The lowest BCUT2D eigenvalue weighted by atomic mass is 9.91. The summed E-state index contributed by atoms with van der Waals surface area (Å²) in [7, 11) is 0. The second-order valence-electron chi connectivity index (χ2n) is 3.67. The van der Waals surface area contributed by atoms with Crippen LogP contribution in [-0.2, 0) is 0 Å². The topological polar surface area (TPSA) is 0 Å². The van der Waals surface area contributed by atoms with Crippen LogP contribution in [0.25, 0.3) is 0 Å². The number of rotatable bonds is 0. The number of hydrogen-bond donors (Lipinski definition) is 0. The van der Waals surface area contributed by atoms with E-state index in [1.165, 1.54) is 18.3 Å². The maximum Gasteiger partial charge on any atom is -0.0380 e. The molecule has 2 fully saturated rings. The van der Waals surface area contributed by atoms with Crippen LogP contribution in [0.5, 0.6) is 0 Å². The molecule has 2 rings (SSSR count). The van der Waals surface area contributed by atoms with Gasteiger partial charge in [-0.25, -0.2) is 0 Å². The molecule has 0 saturated heterocycles. The molecule has 0 aromatic carbocycles. The highest BCUT2D eigenvalue weighted by atomic mass is 14.5. The molecule has 60 valence electrons. The van der Waals surface area contributed by atoms with Gasteiger partial charge in [0.15, 0.2) is 0 Å². The van der Waals surface area contributed by atoms with Gasteiger partial charge in [0.1, 0.15) is 0 Å². The highest BCUT2D eigenvalue weighted by molar-refractivity contribution is 4.91. The average molecular weight is 140 g/mol. The Bertz CT molecular complexity index is 96.2. The van der Waals surface area contributed by atoms with Crippen molar-refractivity contribution in [3.8, 4) is 0 Å². The van der Waals surface area contributed by atoms with Crippen molar-refractivity contribution in [1.82, 2.24) is 0 Å². The molecule has 10 heavy (non-hydrogen) atoms. The maximum absolute atomic E-state index is 2.40. The Hall–Kier alpha value is 0.